The van der Waals surface area contributed by atoms with E-state index in [1.165, 1.54) is 54.4 Å². The van der Waals surface area contributed by atoms with E-state index >= 15 is 0 Å². The lowest BCUT2D eigenvalue weighted by Gasteiger charge is -2.33. The van der Waals surface area contributed by atoms with E-state index in [4.69, 9.17) is 0 Å². The van der Waals surface area contributed by atoms with Gasteiger partial charge in [0, 0.05) is 17.5 Å². The lowest BCUT2D eigenvalue weighted by Crippen LogP contribution is -3.12. The third-order valence-corrected chi connectivity index (χ3v) is 6.77. The van der Waals surface area contributed by atoms with E-state index in [1.54, 1.807) is 4.90 Å². The summed E-state index contributed by atoms with van der Waals surface area (Å²) in [6.45, 7) is 4.27. The van der Waals surface area contributed by atoms with E-state index in [1.807, 2.05) is 0 Å². The zero-order chi connectivity index (χ0) is 19.6. The molecule has 0 spiro atoms. The smallest absolute Gasteiger partial charge is 0.214 e. The highest BCUT2D eigenvalue weighted by molar-refractivity contribution is 5.29. The first-order chi connectivity index (χ1) is 14.3. The molecule has 3 aromatic rings. The molecule has 1 N–H and O–H groups in total. The second kappa shape index (κ2) is 8.07. The summed E-state index contributed by atoms with van der Waals surface area (Å²) in [4.78, 5) is 1.54. The Morgan fingerprint density at radius 2 is 1.72 bits per heavy atom. The molecule has 2 heterocycles. The van der Waals surface area contributed by atoms with Crippen molar-refractivity contribution in [2.45, 2.75) is 64.1 Å². The standard InChI is InChI=1S/C24H29N5/c1-18-11-13-20(14-12-18)23(28-16-15-19-7-5-6-8-21(19)17-28)24-25-26-27-29(24)22-9-3-2-4-10-22/h5-8,11-14,22-23H,2-4,9-10,15-17H2,1H3/p+1/t23-/m1/s1. The Morgan fingerprint density at radius 1 is 0.966 bits per heavy atom. The molecule has 2 aliphatic rings. The van der Waals surface area contributed by atoms with Gasteiger partial charge in [0.1, 0.15) is 6.54 Å². The van der Waals surface area contributed by atoms with Gasteiger partial charge in [-0.2, -0.15) is 0 Å². The Kier molecular flexibility index (Phi) is 5.15. The van der Waals surface area contributed by atoms with E-state index in [2.05, 4.69) is 75.7 Å². The normalized spacial score (nSPS) is 20.9. The van der Waals surface area contributed by atoms with Gasteiger partial charge in [-0.1, -0.05) is 73.4 Å². The quantitative estimate of drug-likeness (QED) is 0.747. The number of tetrazole rings is 1. The SMILES string of the molecule is Cc1ccc([C@H](c2nnnn2C2CCCCC2)[NH+]2CCc3ccccc3C2)cc1. The van der Waals surface area contributed by atoms with Crippen molar-refractivity contribution in [1.29, 1.82) is 0 Å². The number of hydrogen-bond donors (Lipinski definition) is 1. The molecule has 1 aromatic heterocycles. The maximum absolute atomic E-state index is 4.60. The first kappa shape index (κ1) is 18.5. The first-order valence-electron chi connectivity index (χ1n) is 11.1. The molecule has 1 aliphatic heterocycles. The molecule has 1 aliphatic carbocycles. The van der Waals surface area contributed by atoms with Gasteiger partial charge in [0.15, 0.2) is 6.04 Å². The van der Waals surface area contributed by atoms with Gasteiger partial charge in [-0.05, 0) is 35.8 Å². The van der Waals surface area contributed by atoms with Crippen molar-refractivity contribution in [3.63, 3.8) is 0 Å². The summed E-state index contributed by atoms with van der Waals surface area (Å²) in [5, 5.41) is 13.2. The van der Waals surface area contributed by atoms with Gasteiger partial charge in [-0.3, -0.25) is 0 Å². The van der Waals surface area contributed by atoms with Crippen molar-refractivity contribution in [2.24, 2.45) is 0 Å². The van der Waals surface area contributed by atoms with Crippen LogP contribution in [0, 0.1) is 6.92 Å². The van der Waals surface area contributed by atoms with Crippen molar-refractivity contribution in [2.75, 3.05) is 6.54 Å². The van der Waals surface area contributed by atoms with Crippen LogP contribution >= 0.6 is 0 Å². The van der Waals surface area contributed by atoms with Crippen LogP contribution in [0.15, 0.2) is 48.5 Å². The van der Waals surface area contributed by atoms with Gasteiger partial charge in [0.25, 0.3) is 0 Å². The van der Waals surface area contributed by atoms with E-state index in [0.717, 1.165) is 25.3 Å². The Bertz CT molecular complexity index is 955. The van der Waals surface area contributed by atoms with Gasteiger partial charge < -0.3 is 4.90 Å². The molecule has 29 heavy (non-hydrogen) atoms. The van der Waals surface area contributed by atoms with Crippen LogP contribution in [0.25, 0.3) is 0 Å². The maximum atomic E-state index is 4.60. The summed E-state index contributed by atoms with van der Waals surface area (Å²) in [7, 11) is 0. The molecular formula is C24H30N5+. The van der Waals surface area contributed by atoms with Crippen molar-refractivity contribution in [3.05, 3.63) is 76.6 Å². The molecule has 0 bridgehead atoms. The molecular weight excluding hydrogens is 358 g/mol. The van der Waals surface area contributed by atoms with Crippen molar-refractivity contribution in [3.8, 4) is 0 Å². The third kappa shape index (κ3) is 3.71. The highest BCUT2D eigenvalue weighted by atomic mass is 15.6. The van der Waals surface area contributed by atoms with Crippen LogP contribution in [-0.4, -0.2) is 26.8 Å². The topological polar surface area (TPSA) is 48.0 Å². The Balaban J connectivity index is 1.54. The second-order valence-corrected chi connectivity index (χ2v) is 8.72. The van der Waals surface area contributed by atoms with Crippen LogP contribution in [0.5, 0.6) is 0 Å². The van der Waals surface area contributed by atoms with Gasteiger partial charge in [-0.25, -0.2) is 4.68 Å². The first-order valence-corrected chi connectivity index (χ1v) is 11.1. The van der Waals surface area contributed by atoms with Crippen LogP contribution in [0.3, 0.4) is 0 Å². The van der Waals surface area contributed by atoms with Gasteiger partial charge in [0.2, 0.25) is 5.82 Å². The van der Waals surface area contributed by atoms with Crippen molar-refractivity contribution in [1.82, 2.24) is 20.2 Å². The number of nitrogens with one attached hydrogen (secondary N) is 1. The fourth-order valence-electron chi connectivity index (χ4n) is 5.15. The molecule has 5 nitrogen and oxygen atoms in total. The maximum Gasteiger partial charge on any atom is 0.214 e. The van der Waals surface area contributed by atoms with Crippen molar-refractivity contribution < 1.29 is 4.90 Å². The third-order valence-electron chi connectivity index (χ3n) is 6.77. The summed E-state index contributed by atoms with van der Waals surface area (Å²) in [5.41, 5.74) is 5.56. The number of nitrogens with zero attached hydrogens (tertiary/aromatic N) is 4. The molecule has 1 saturated carbocycles. The molecule has 150 valence electrons. The number of hydrogen-bond acceptors (Lipinski definition) is 3. The molecule has 1 unspecified atom stereocenters. The van der Waals surface area contributed by atoms with Crippen LogP contribution in [0.2, 0.25) is 0 Å². The zero-order valence-corrected chi connectivity index (χ0v) is 17.2. The zero-order valence-electron chi connectivity index (χ0n) is 17.2. The minimum absolute atomic E-state index is 0.167. The predicted octanol–water partition coefficient (Wildman–Crippen LogP) is 3.22. The molecule has 2 aromatic carbocycles. The minimum Gasteiger partial charge on any atom is -0.318 e. The highest BCUT2D eigenvalue weighted by Crippen LogP contribution is 2.30. The summed E-state index contributed by atoms with van der Waals surface area (Å²) >= 11 is 0. The number of quaternary nitrogens is 1. The lowest BCUT2D eigenvalue weighted by atomic mass is 9.93. The predicted molar refractivity (Wildman–Crippen MR) is 113 cm³/mol. The molecule has 5 heteroatoms. The average Bonchev–Trinajstić information content (AvgIpc) is 3.25. The molecule has 0 amide bonds. The van der Waals surface area contributed by atoms with Crippen LogP contribution in [0.4, 0.5) is 0 Å². The summed E-state index contributed by atoms with van der Waals surface area (Å²) in [6, 6.07) is 18.5. The second-order valence-electron chi connectivity index (χ2n) is 8.72. The molecule has 5 rings (SSSR count). The van der Waals surface area contributed by atoms with E-state index in [0.29, 0.717) is 6.04 Å². The number of fused-ring (bicyclic) bond motifs is 1. The van der Waals surface area contributed by atoms with E-state index < -0.39 is 0 Å². The van der Waals surface area contributed by atoms with Crippen LogP contribution < -0.4 is 4.90 Å². The Morgan fingerprint density at radius 3 is 2.52 bits per heavy atom. The van der Waals surface area contributed by atoms with Crippen molar-refractivity contribution >= 4 is 0 Å². The van der Waals surface area contributed by atoms with Gasteiger partial charge in [0.05, 0.1) is 12.6 Å². The molecule has 1 fully saturated rings. The lowest BCUT2D eigenvalue weighted by molar-refractivity contribution is -0.941. The largest absolute Gasteiger partial charge is 0.318 e. The van der Waals surface area contributed by atoms with Crippen LogP contribution in [0.1, 0.15) is 72.3 Å². The molecule has 0 radical (unpaired) electrons. The average molecular weight is 389 g/mol. The van der Waals surface area contributed by atoms with Gasteiger partial charge >= 0.3 is 0 Å². The minimum atomic E-state index is 0.167. The fourth-order valence-corrected chi connectivity index (χ4v) is 5.15. The van der Waals surface area contributed by atoms with Crippen LogP contribution in [-0.2, 0) is 13.0 Å². The van der Waals surface area contributed by atoms with Gasteiger partial charge in [-0.15, -0.1) is 5.10 Å². The monoisotopic (exact) mass is 388 g/mol. The summed E-state index contributed by atoms with van der Waals surface area (Å²) in [6.07, 6.45) is 7.39. The number of aryl methyl sites for hydroxylation is 1. The number of aromatic nitrogens is 4. The fraction of sp³-hybridized carbons (Fsp3) is 0.458. The Hall–Kier alpha value is -2.53. The molecule has 0 saturated heterocycles. The highest BCUT2D eigenvalue weighted by Gasteiger charge is 2.35. The van der Waals surface area contributed by atoms with E-state index in [-0.39, 0.29) is 6.04 Å². The Labute approximate surface area is 172 Å². The van der Waals surface area contributed by atoms with E-state index in [9.17, 15) is 0 Å². The number of rotatable bonds is 4. The summed E-state index contributed by atoms with van der Waals surface area (Å²) in [5.74, 6) is 1.04. The molecule has 2 atom stereocenters. The number of benzene rings is 2. The summed E-state index contributed by atoms with van der Waals surface area (Å²) < 4.78 is 2.16.